The highest BCUT2D eigenvalue weighted by molar-refractivity contribution is 5.20. The lowest BCUT2D eigenvalue weighted by Gasteiger charge is -2.12. The highest BCUT2D eigenvalue weighted by atomic mass is 16.5. The minimum atomic E-state index is -0.458. The lowest BCUT2D eigenvalue weighted by Crippen LogP contribution is -2.18. The van der Waals surface area contributed by atoms with Gasteiger partial charge in [-0.05, 0) is 31.0 Å². The van der Waals surface area contributed by atoms with Crippen LogP contribution in [-0.2, 0) is 13.5 Å². The molecular formula is C14H18N2O2. The molecule has 0 saturated carbocycles. The first kappa shape index (κ1) is 12.6. The molecule has 18 heavy (non-hydrogen) atoms. The molecule has 0 fully saturated rings. The minimum Gasteiger partial charge on any atom is -0.491 e. The van der Waals surface area contributed by atoms with Crippen LogP contribution in [0.25, 0.3) is 0 Å². The average Bonchev–Trinajstić information content (AvgIpc) is 2.81. The Bertz CT molecular complexity index is 468. The van der Waals surface area contributed by atoms with Gasteiger partial charge in [0.05, 0.1) is 6.10 Å². The van der Waals surface area contributed by atoms with E-state index in [2.05, 4.69) is 5.10 Å². The smallest absolute Gasteiger partial charge is 0.119 e. The predicted molar refractivity (Wildman–Crippen MR) is 69.5 cm³/mol. The van der Waals surface area contributed by atoms with Crippen molar-refractivity contribution in [3.8, 4) is 5.75 Å². The number of aliphatic hydroxyl groups is 1. The second-order valence-electron chi connectivity index (χ2n) is 4.26. The Morgan fingerprint density at radius 2 is 2.06 bits per heavy atom. The van der Waals surface area contributed by atoms with Crippen molar-refractivity contribution < 1.29 is 9.84 Å². The van der Waals surface area contributed by atoms with Crippen LogP contribution in [0.1, 0.15) is 12.1 Å². The summed E-state index contributed by atoms with van der Waals surface area (Å²) < 4.78 is 7.32. The largest absolute Gasteiger partial charge is 0.491 e. The number of aliphatic hydroxyl groups excluding tert-OH is 1. The molecule has 1 aromatic carbocycles. The van der Waals surface area contributed by atoms with E-state index in [1.54, 1.807) is 6.20 Å². The summed E-state index contributed by atoms with van der Waals surface area (Å²) in [6.07, 6.45) is 2.78. The molecule has 0 radical (unpaired) electrons. The third-order valence-corrected chi connectivity index (χ3v) is 2.84. The lowest BCUT2D eigenvalue weighted by molar-refractivity contribution is 0.0998. The van der Waals surface area contributed by atoms with E-state index in [0.29, 0.717) is 13.0 Å². The summed E-state index contributed by atoms with van der Waals surface area (Å²) in [6, 6.07) is 11.5. The van der Waals surface area contributed by atoms with Gasteiger partial charge in [-0.3, -0.25) is 4.68 Å². The first-order valence-electron chi connectivity index (χ1n) is 6.08. The van der Waals surface area contributed by atoms with Gasteiger partial charge in [0.15, 0.2) is 0 Å². The van der Waals surface area contributed by atoms with Crippen LogP contribution in [0.2, 0.25) is 0 Å². The number of aryl methyl sites for hydroxylation is 2. The Morgan fingerprint density at radius 3 is 2.72 bits per heavy atom. The van der Waals surface area contributed by atoms with E-state index in [1.165, 1.54) is 0 Å². The Labute approximate surface area is 107 Å². The van der Waals surface area contributed by atoms with Gasteiger partial charge in [0, 0.05) is 18.9 Å². The maximum atomic E-state index is 9.85. The molecular weight excluding hydrogens is 228 g/mol. The molecule has 1 aromatic heterocycles. The zero-order valence-electron chi connectivity index (χ0n) is 10.5. The first-order valence-corrected chi connectivity index (χ1v) is 6.08. The Balaban J connectivity index is 1.73. The molecule has 1 unspecified atom stereocenters. The van der Waals surface area contributed by atoms with Crippen molar-refractivity contribution >= 4 is 0 Å². The molecule has 4 heteroatoms. The molecule has 0 amide bonds. The second-order valence-corrected chi connectivity index (χ2v) is 4.26. The van der Waals surface area contributed by atoms with Crippen LogP contribution >= 0.6 is 0 Å². The number of hydrogen-bond donors (Lipinski definition) is 1. The highest BCUT2D eigenvalue weighted by Crippen LogP contribution is 2.10. The fraction of sp³-hybridized carbons (Fsp3) is 0.357. The number of nitrogens with zero attached hydrogens (tertiary/aromatic N) is 2. The van der Waals surface area contributed by atoms with E-state index in [0.717, 1.165) is 17.9 Å². The monoisotopic (exact) mass is 246 g/mol. The number of hydrogen-bond acceptors (Lipinski definition) is 3. The molecule has 2 aromatic rings. The lowest BCUT2D eigenvalue weighted by atomic mass is 10.1. The van der Waals surface area contributed by atoms with E-state index in [9.17, 15) is 5.11 Å². The standard InChI is InChI=1S/C14H18N2O2/c1-16-12(9-10-15-16)7-8-13(17)11-18-14-5-3-2-4-6-14/h2-6,9-10,13,17H,7-8,11H2,1H3. The number of aromatic nitrogens is 2. The summed E-state index contributed by atoms with van der Waals surface area (Å²) in [7, 11) is 1.90. The molecule has 0 aliphatic rings. The van der Waals surface area contributed by atoms with Gasteiger partial charge < -0.3 is 9.84 Å². The van der Waals surface area contributed by atoms with Crippen LogP contribution < -0.4 is 4.74 Å². The van der Waals surface area contributed by atoms with Gasteiger partial charge in [0.1, 0.15) is 12.4 Å². The summed E-state index contributed by atoms with van der Waals surface area (Å²) in [5, 5.41) is 13.9. The molecule has 0 aliphatic carbocycles. The number of benzene rings is 1. The van der Waals surface area contributed by atoms with Crippen molar-refractivity contribution in [3.63, 3.8) is 0 Å². The van der Waals surface area contributed by atoms with E-state index >= 15 is 0 Å². The zero-order chi connectivity index (χ0) is 12.8. The molecule has 0 spiro atoms. The van der Waals surface area contributed by atoms with E-state index < -0.39 is 6.10 Å². The number of para-hydroxylation sites is 1. The maximum absolute atomic E-state index is 9.85. The van der Waals surface area contributed by atoms with Gasteiger partial charge >= 0.3 is 0 Å². The number of rotatable bonds is 6. The van der Waals surface area contributed by atoms with Crippen LogP contribution in [-0.4, -0.2) is 27.6 Å². The second kappa shape index (κ2) is 6.21. The van der Waals surface area contributed by atoms with Crippen molar-refractivity contribution in [2.24, 2.45) is 7.05 Å². The van der Waals surface area contributed by atoms with Gasteiger partial charge in [0.2, 0.25) is 0 Å². The van der Waals surface area contributed by atoms with Gasteiger partial charge in [-0.1, -0.05) is 18.2 Å². The summed E-state index contributed by atoms with van der Waals surface area (Å²) in [6.45, 7) is 0.321. The predicted octanol–water partition coefficient (Wildman–Crippen LogP) is 1.79. The Hall–Kier alpha value is -1.81. The summed E-state index contributed by atoms with van der Waals surface area (Å²) in [5.74, 6) is 0.789. The highest BCUT2D eigenvalue weighted by Gasteiger charge is 2.07. The van der Waals surface area contributed by atoms with Gasteiger partial charge in [-0.2, -0.15) is 5.10 Å². The first-order chi connectivity index (χ1) is 8.75. The summed E-state index contributed by atoms with van der Waals surface area (Å²) in [4.78, 5) is 0. The third kappa shape index (κ3) is 3.60. The molecule has 2 rings (SSSR count). The quantitative estimate of drug-likeness (QED) is 0.845. The van der Waals surface area contributed by atoms with Crippen molar-refractivity contribution in [1.29, 1.82) is 0 Å². The van der Waals surface area contributed by atoms with Crippen LogP contribution in [0, 0.1) is 0 Å². The SMILES string of the molecule is Cn1nccc1CCC(O)COc1ccccc1. The number of ether oxygens (including phenoxy) is 1. The zero-order valence-corrected chi connectivity index (χ0v) is 10.5. The average molecular weight is 246 g/mol. The van der Waals surface area contributed by atoms with Gasteiger partial charge in [0.25, 0.3) is 0 Å². The molecule has 0 aliphatic heterocycles. The summed E-state index contributed by atoms with van der Waals surface area (Å²) >= 11 is 0. The molecule has 1 atom stereocenters. The molecule has 4 nitrogen and oxygen atoms in total. The Kier molecular flexibility index (Phi) is 4.36. The molecule has 0 bridgehead atoms. The third-order valence-electron chi connectivity index (χ3n) is 2.84. The molecule has 0 saturated heterocycles. The van der Waals surface area contributed by atoms with Crippen molar-refractivity contribution in [1.82, 2.24) is 9.78 Å². The minimum absolute atomic E-state index is 0.321. The van der Waals surface area contributed by atoms with E-state index in [-0.39, 0.29) is 0 Å². The normalized spacial score (nSPS) is 12.3. The topological polar surface area (TPSA) is 47.3 Å². The van der Waals surface area contributed by atoms with Crippen molar-refractivity contribution in [2.45, 2.75) is 18.9 Å². The molecule has 96 valence electrons. The van der Waals surface area contributed by atoms with Crippen LogP contribution in [0.5, 0.6) is 5.75 Å². The van der Waals surface area contributed by atoms with Gasteiger partial charge in [-0.25, -0.2) is 0 Å². The maximum Gasteiger partial charge on any atom is 0.119 e. The molecule has 1 heterocycles. The van der Waals surface area contributed by atoms with E-state index in [1.807, 2.05) is 48.1 Å². The Morgan fingerprint density at radius 1 is 1.28 bits per heavy atom. The van der Waals surface area contributed by atoms with Crippen LogP contribution in [0.3, 0.4) is 0 Å². The fourth-order valence-corrected chi connectivity index (χ4v) is 1.75. The van der Waals surface area contributed by atoms with Crippen molar-refractivity contribution in [2.75, 3.05) is 6.61 Å². The summed E-state index contributed by atoms with van der Waals surface area (Å²) in [5.41, 5.74) is 1.12. The van der Waals surface area contributed by atoms with Crippen molar-refractivity contribution in [3.05, 3.63) is 48.3 Å². The fourth-order valence-electron chi connectivity index (χ4n) is 1.75. The van der Waals surface area contributed by atoms with Gasteiger partial charge in [-0.15, -0.1) is 0 Å². The van der Waals surface area contributed by atoms with Crippen LogP contribution in [0.15, 0.2) is 42.6 Å². The van der Waals surface area contributed by atoms with E-state index in [4.69, 9.17) is 4.74 Å². The molecule has 1 N–H and O–H groups in total. The van der Waals surface area contributed by atoms with Crippen LogP contribution in [0.4, 0.5) is 0 Å².